The van der Waals surface area contributed by atoms with Gasteiger partial charge in [-0.2, -0.15) is 0 Å². The Labute approximate surface area is 125 Å². The number of esters is 1. The van der Waals surface area contributed by atoms with E-state index in [1.807, 2.05) is 24.3 Å². The third-order valence-electron chi connectivity index (χ3n) is 3.23. The van der Waals surface area contributed by atoms with Crippen LogP contribution < -0.4 is 9.47 Å². The third kappa shape index (κ3) is 3.43. The molecule has 2 aromatic rings. The second kappa shape index (κ2) is 6.00. The first-order valence-electron chi connectivity index (χ1n) is 6.88. The van der Waals surface area contributed by atoms with E-state index in [9.17, 15) is 4.79 Å². The van der Waals surface area contributed by atoms with Crippen LogP contribution in [0.1, 0.15) is 36.7 Å². The van der Waals surface area contributed by atoms with Gasteiger partial charge in [0.15, 0.2) is 11.5 Å². The predicted octanol–water partition coefficient (Wildman–Crippen LogP) is 4.21. The molecule has 0 aliphatic heterocycles. The van der Waals surface area contributed by atoms with Crippen LogP contribution >= 0.6 is 0 Å². The number of carbonyl (C=O) groups excluding carboxylic acids is 1. The minimum absolute atomic E-state index is 0.129. The quantitative estimate of drug-likeness (QED) is 0.625. The fourth-order valence-corrected chi connectivity index (χ4v) is 2.17. The lowest BCUT2D eigenvalue weighted by molar-refractivity contribution is 0.0727. The van der Waals surface area contributed by atoms with Gasteiger partial charge in [0.05, 0.1) is 12.7 Å². The Morgan fingerprint density at radius 1 is 0.905 bits per heavy atom. The predicted molar refractivity (Wildman–Crippen MR) is 83.1 cm³/mol. The number of hydrogen-bond donors (Lipinski definition) is 0. The molecule has 2 aromatic carbocycles. The smallest absolute Gasteiger partial charge is 0.343 e. The average Bonchev–Trinajstić information content (AvgIpc) is 2.47. The van der Waals surface area contributed by atoms with E-state index < -0.39 is 0 Å². The van der Waals surface area contributed by atoms with Crippen molar-refractivity contribution in [1.82, 2.24) is 0 Å². The van der Waals surface area contributed by atoms with Crippen molar-refractivity contribution in [2.45, 2.75) is 26.2 Å². The summed E-state index contributed by atoms with van der Waals surface area (Å²) in [7, 11) is 1.55. The maximum absolute atomic E-state index is 12.5. The fourth-order valence-electron chi connectivity index (χ4n) is 2.17. The molecule has 0 bridgehead atoms. The lowest BCUT2D eigenvalue weighted by Crippen LogP contribution is -2.19. The third-order valence-corrected chi connectivity index (χ3v) is 3.23. The van der Waals surface area contributed by atoms with Crippen LogP contribution in [0.3, 0.4) is 0 Å². The van der Waals surface area contributed by atoms with Crippen LogP contribution in [0.15, 0.2) is 48.5 Å². The van der Waals surface area contributed by atoms with Crippen molar-refractivity contribution in [3.63, 3.8) is 0 Å². The Morgan fingerprint density at radius 3 is 2.10 bits per heavy atom. The van der Waals surface area contributed by atoms with Gasteiger partial charge >= 0.3 is 5.97 Å². The Morgan fingerprint density at radius 2 is 1.48 bits per heavy atom. The van der Waals surface area contributed by atoms with Crippen molar-refractivity contribution < 1.29 is 14.3 Å². The van der Waals surface area contributed by atoms with Gasteiger partial charge < -0.3 is 9.47 Å². The summed E-state index contributed by atoms with van der Waals surface area (Å²) in [5.74, 6) is 0.595. The maximum atomic E-state index is 12.5. The van der Waals surface area contributed by atoms with Gasteiger partial charge in [0.1, 0.15) is 0 Å². The highest BCUT2D eigenvalue weighted by atomic mass is 16.6. The number of rotatable bonds is 3. The Kier molecular flexibility index (Phi) is 4.32. The number of carbonyl (C=O) groups is 1. The molecule has 0 unspecified atom stereocenters. The Balaban J connectivity index is 2.34. The van der Waals surface area contributed by atoms with Gasteiger partial charge in [-0.05, 0) is 29.2 Å². The molecular formula is C18H20O3. The number of hydrogen-bond acceptors (Lipinski definition) is 3. The van der Waals surface area contributed by atoms with E-state index in [1.165, 1.54) is 0 Å². The van der Waals surface area contributed by atoms with Crippen LogP contribution in [0.4, 0.5) is 0 Å². The van der Waals surface area contributed by atoms with Crippen LogP contribution in [0, 0.1) is 0 Å². The van der Waals surface area contributed by atoms with E-state index in [1.54, 1.807) is 31.4 Å². The van der Waals surface area contributed by atoms with Crippen molar-refractivity contribution in [2.24, 2.45) is 0 Å². The van der Waals surface area contributed by atoms with Gasteiger partial charge in [0, 0.05) is 0 Å². The molecule has 0 saturated carbocycles. The van der Waals surface area contributed by atoms with Crippen molar-refractivity contribution in [2.75, 3.05) is 7.11 Å². The van der Waals surface area contributed by atoms with Crippen LogP contribution in [0.5, 0.6) is 11.5 Å². The molecule has 3 nitrogen and oxygen atoms in total. The Bertz CT molecular complexity index is 639. The van der Waals surface area contributed by atoms with Crippen molar-refractivity contribution >= 4 is 5.97 Å². The van der Waals surface area contributed by atoms with Gasteiger partial charge in [0.2, 0.25) is 0 Å². The van der Waals surface area contributed by atoms with E-state index in [0.717, 1.165) is 5.56 Å². The van der Waals surface area contributed by atoms with Gasteiger partial charge in [-0.15, -0.1) is 0 Å². The molecule has 0 saturated heterocycles. The van der Waals surface area contributed by atoms with E-state index in [2.05, 4.69) is 20.8 Å². The Hall–Kier alpha value is -2.29. The molecule has 2 rings (SSSR count). The van der Waals surface area contributed by atoms with E-state index in [0.29, 0.717) is 17.1 Å². The summed E-state index contributed by atoms with van der Waals surface area (Å²) in [6.45, 7) is 6.21. The van der Waals surface area contributed by atoms with Crippen LogP contribution in [-0.4, -0.2) is 13.1 Å². The number of benzene rings is 2. The first-order valence-corrected chi connectivity index (χ1v) is 6.88. The zero-order chi connectivity index (χ0) is 15.5. The van der Waals surface area contributed by atoms with Gasteiger partial charge in [0.25, 0.3) is 0 Å². The second-order valence-corrected chi connectivity index (χ2v) is 5.84. The minimum atomic E-state index is -0.370. The summed E-state index contributed by atoms with van der Waals surface area (Å²) in [6.07, 6.45) is 0. The largest absolute Gasteiger partial charge is 0.493 e. The lowest BCUT2D eigenvalue weighted by Gasteiger charge is -2.22. The summed E-state index contributed by atoms with van der Waals surface area (Å²) in [5, 5.41) is 0. The summed E-state index contributed by atoms with van der Waals surface area (Å²) in [6, 6.07) is 14.6. The summed E-state index contributed by atoms with van der Waals surface area (Å²) in [4.78, 5) is 12.5. The molecule has 0 N–H and O–H groups in total. The van der Waals surface area contributed by atoms with Crippen LogP contribution in [-0.2, 0) is 5.41 Å². The van der Waals surface area contributed by atoms with Crippen molar-refractivity contribution in [1.29, 1.82) is 0 Å². The molecule has 21 heavy (non-hydrogen) atoms. The van der Waals surface area contributed by atoms with Gasteiger partial charge in [-0.25, -0.2) is 4.79 Å². The molecule has 110 valence electrons. The molecule has 0 fully saturated rings. The average molecular weight is 284 g/mol. The fraction of sp³-hybridized carbons (Fsp3) is 0.278. The zero-order valence-electron chi connectivity index (χ0n) is 12.8. The van der Waals surface area contributed by atoms with E-state index in [4.69, 9.17) is 9.47 Å². The molecule has 0 amide bonds. The molecular weight excluding hydrogens is 264 g/mol. The highest BCUT2D eigenvalue weighted by Gasteiger charge is 2.22. The summed E-state index contributed by atoms with van der Waals surface area (Å²) >= 11 is 0. The first-order chi connectivity index (χ1) is 9.93. The topological polar surface area (TPSA) is 35.5 Å². The molecule has 0 heterocycles. The van der Waals surface area contributed by atoms with E-state index >= 15 is 0 Å². The van der Waals surface area contributed by atoms with Crippen molar-refractivity contribution in [3.05, 3.63) is 59.7 Å². The first kappa shape index (κ1) is 15.1. The highest BCUT2D eigenvalue weighted by Crippen LogP contribution is 2.29. The monoisotopic (exact) mass is 284 g/mol. The standard InChI is InChI=1S/C18H20O3/c1-18(2,3)14-10-6-5-9-13(14)17(19)21-16-12-8-7-11-15(16)20-4/h5-12H,1-4H3. The highest BCUT2D eigenvalue weighted by molar-refractivity contribution is 5.93. The number of para-hydroxylation sites is 2. The SMILES string of the molecule is COc1ccccc1OC(=O)c1ccccc1C(C)(C)C. The molecule has 0 aliphatic rings. The van der Waals surface area contributed by atoms with Gasteiger partial charge in [-0.3, -0.25) is 0 Å². The number of ether oxygens (including phenoxy) is 2. The van der Waals surface area contributed by atoms with E-state index in [-0.39, 0.29) is 11.4 Å². The summed E-state index contributed by atoms with van der Waals surface area (Å²) in [5.41, 5.74) is 1.41. The molecule has 0 atom stereocenters. The normalized spacial score (nSPS) is 11.0. The maximum Gasteiger partial charge on any atom is 0.343 e. The van der Waals surface area contributed by atoms with Crippen LogP contribution in [0.2, 0.25) is 0 Å². The number of methoxy groups -OCH3 is 1. The molecule has 0 radical (unpaired) electrons. The summed E-state index contributed by atoms with van der Waals surface area (Å²) < 4.78 is 10.7. The molecule has 0 aromatic heterocycles. The molecule has 0 aliphatic carbocycles. The second-order valence-electron chi connectivity index (χ2n) is 5.84. The van der Waals surface area contributed by atoms with Gasteiger partial charge in [-0.1, -0.05) is 51.1 Å². The molecule has 3 heteroatoms. The zero-order valence-corrected chi connectivity index (χ0v) is 12.8. The van der Waals surface area contributed by atoms with Crippen molar-refractivity contribution in [3.8, 4) is 11.5 Å². The minimum Gasteiger partial charge on any atom is -0.493 e. The lowest BCUT2D eigenvalue weighted by atomic mass is 9.84. The molecule has 0 spiro atoms. The van der Waals surface area contributed by atoms with Crippen LogP contribution in [0.25, 0.3) is 0 Å².